The van der Waals surface area contributed by atoms with E-state index in [0.29, 0.717) is 10.7 Å². The molecular weight excluding hydrogens is 240 g/mol. The molecule has 0 aliphatic rings. The van der Waals surface area contributed by atoms with Crippen molar-refractivity contribution < 1.29 is 4.79 Å². The molecule has 2 heterocycles. The molecule has 2 N–H and O–H groups in total. The summed E-state index contributed by atoms with van der Waals surface area (Å²) in [5.41, 5.74) is 1.46. The van der Waals surface area contributed by atoms with Crippen LogP contribution in [0.5, 0.6) is 0 Å². The van der Waals surface area contributed by atoms with E-state index >= 15 is 0 Å². The van der Waals surface area contributed by atoms with Gasteiger partial charge in [-0.1, -0.05) is 11.6 Å². The van der Waals surface area contributed by atoms with Gasteiger partial charge in [0.15, 0.2) is 0 Å². The minimum atomic E-state index is -0.159. The fourth-order valence-electron chi connectivity index (χ4n) is 1.60. The number of carbonyl (C=O) groups is 1. The van der Waals surface area contributed by atoms with Gasteiger partial charge < -0.3 is 9.88 Å². The Hall–Kier alpha value is -1.75. The molecule has 0 bridgehead atoms. The summed E-state index contributed by atoms with van der Waals surface area (Å²) in [5.74, 6) is -0.159. The monoisotopic (exact) mass is 252 g/mol. The van der Waals surface area contributed by atoms with Crippen molar-refractivity contribution in [1.29, 1.82) is 0 Å². The highest BCUT2D eigenvalue weighted by Crippen LogP contribution is 2.15. The number of aromatic nitrogens is 3. The number of H-pyrrole nitrogens is 1. The summed E-state index contributed by atoms with van der Waals surface area (Å²) >= 11 is 5.83. The molecule has 1 atom stereocenters. The Bertz CT molecular complexity index is 518. The van der Waals surface area contributed by atoms with Crippen LogP contribution in [0.4, 0.5) is 0 Å². The van der Waals surface area contributed by atoms with Crippen molar-refractivity contribution in [3.63, 3.8) is 0 Å². The van der Waals surface area contributed by atoms with Crippen LogP contribution in [0, 0.1) is 0 Å². The number of hydrogen-bond donors (Lipinski definition) is 2. The second kappa shape index (κ2) is 4.63. The Kier molecular flexibility index (Phi) is 3.19. The number of aryl methyl sites for hydroxylation is 1. The molecule has 0 aromatic carbocycles. The van der Waals surface area contributed by atoms with Crippen LogP contribution in [0.15, 0.2) is 24.7 Å². The minimum Gasteiger partial charge on any atom is -0.345 e. The summed E-state index contributed by atoms with van der Waals surface area (Å²) in [6.45, 7) is 1.90. The van der Waals surface area contributed by atoms with Crippen LogP contribution in [0.3, 0.4) is 0 Å². The van der Waals surface area contributed by atoms with E-state index in [9.17, 15) is 4.79 Å². The maximum absolute atomic E-state index is 12.0. The average molecular weight is 253 g/mol. The number of nitrogens with one attached hydrogen (secondary N) is 2. The Labute approximate surface area is 104 Å². The van der Waals surface area contributed by atoms with Crippen LogP contribution >= 0.6 is 11.6 Å². The molecule has 90 valence electrons. The Morgan fingerprint density at radius 2 is 2.41 bits per heavy atom. The first-order chi connectivity index (χ1) is 8.08. The number of carbonyl (C=O) groups excluding carboxylic acids is 1. The van der Waals surface area contributed by atoms with E-state index in [1.54, 1.807) is 36.3 Å². The molecule has 1 amide bonds. The van der Waals surface area contributed by atoms with Crippen LogP contribution < -0.4 is 5.32 Å². The number of amides is 1. The van der Waals surface area contributed by atoms with Crippen molar-refractivity contribution in [3.8, 4) is 0 Å². The van der Waals surface area contributed by atoms with Crippen molar-refractivity contribution in [2.24, 2.45) is 7.05 Å². The molecule has 6 heteroatoms. The normalized spacial score (nSPS) is 12.4. The number of hydrogen-bond acceptors (Lipinski definition) is 2. The van der Waals surface area contributed by atoms with Crippen molar-refractivity contribution in [3.05, 3.63) is 40.9 Å². The van der Waals surface area contributed by atoms with E-state index in [1.165, 1.54) is 0 Å². The van der Waals surface area contributed by atoms with Crippen LogP contribution in [-0.2, 0) is 7.05 Å². The number of nitrogens with zero attached hydrogens (tertiary/aromatic N) is 2. The predicted molar refractivity (Wildman–Crippen MR) is 64.9 cm³/mol. The zero-order valence-corrected chi connectivity index (χ0v) is 10.3. The molecule has 0 aliphatic carbocycles. The van der Waals surface area contributed by atoms with Gasteiger partial charge in [0.2, 0.25) is 0 Å². The lowest BCUT2D eigenvalue weighted by Gasteiger charge is -2.12. The van der Waals surface area contributed by atoms with Gasteiger partial charge in [0.25, 0.3) is 5.91 Å². The Morgan fingerprint density at radius 3 is 2.94 bits per heavy atom. The third-order valence-corrected chi connectivity index (χ3v) is 2.78. The van der Waals surface area contributed by atoms with E-state index in [2.05, 4.69) is 15.5 Å². The number of aromatic amines is 1. The molecule has 0 fully saturated rings. The van der Waals surface area contributed by atoms with Gasteiger partial charge in [-0.2, -0.15) is 5.10 Å². The highest BCUT2D eigenvalue weighted by atomic mass is 35.5. The summed E-state index contributed by atoms with van der Waals surface area (Å²) in [6.07, 6.45) is 5.13. The summed E-state index contributed by atoms with van der Waals surface area (Å²) in [4.78, 5) is 12.0. The molecule has 17 heavy (non-hydrogen) atoms. The Balaban J connectivity index is 2.09. The standard InChI is InChI=1S/C11H13ClN4O/c1-7(8-4-13-14-5-8)15-11(17)10-3-9(12)6-16(10)2/h3-7H,1-2H3,(H,13,14)(H,15,17). The maximum atomic E-state index is 12.0. The topological polar surface area (TPSA) is 62.7 Å². The summed E-state index contributed by atoms with van der Waals surface area (Å²) in [6, 6.07) is 1.54. The Morgan fingerprint density at radius 1 is 1.65 bits per heavy atom. The average Bonchev–Trinajstić information content (AvgIpc) is 2.87. The van der Waals surface area contributed by atoms with Crippen LogP contribution in [0.1, 0.15) is 29.0 Å². The van der Waals surface area contributed by atoms with E-state index < -0.39 is 0 Å². The summed E-state index contributed by atoms with van der Waals surface area (Å²) in [5, 5.41) is 9.98. The molecule has 2 aromatic heterocycles. The molecule has 0 aliphatic heterocycles. The lowest BCUT2D eigenvalue weighted by Crippen LogP contribution is -2.27. The van der Waals surface area contributed by atoms with Crippen molar-refractivity contribution in [2.45, 2.75) is 13.0 Å². The first-order valence-corrected chi connectivity index (χ1v) is 5.57. The molecule has 0 saturated heterocycles. The van der Waals surface area contributed by atoms with Crippen molar-refractivity contribution >= 4 is 17.5 Å². The quantitative estimate of drug-likeness (QED) is 0.876. The minimum absolute atomic E-state index is 0.102. The largest absolute Gasteiger partial charge is 0.345 e. The van der Waals surface area contributed by atoms with Crippen molar-refractivity contribution in [1.82, 2.24) is 20.1 Å². The van der Waals surface area contributed by atoms with E-state index in [-0.39, 0.29) is 11.9 Å². The second-order valence-corrected chi connectivity index (χ2v) is 4.32. The molecule has 0 radical (unpaired) electrons. The molecular formula is C11H13ClN4O. The van der Waals surface area contributed by atoms with Gasteiger partial charge in [-0.3, -0.25) is 9.89 Å². The van der Waals surface area contributed by atoms with E-state index in [4.69, 9.17) is 11.6 Å². The third kappa shape index (κ3) is 2.50. The maximum Gasteiger partial charge on any atom is 0.268 e. The lowest BCUT2D eigenvalue weighted by molar-refractivity contribution is 0.0931. The second-order valence-electron chi connectivity index (χ2n) is 3.88. The van der Waals surface area contributed by atoms with Crippen LogP contribution in [0.25, 0.3) is 0 Å². The SMILES string of the molecule is CC(NC(=O)c1cc(Cl)cn1C)c1cn[nH]c1. The first kappa shape index (κ1) is 11.7. The van der Waals surface area contributed by atoms with Gasteiger partial charge in [-0.25, -0.2) is 0 Å². The zero-order valence-electron chi connectivity index (χ0n) is 9.57. The predicted octanol–water partition coefficient (Wildman–Crippen LogP) is 1.89. The highest BCUT2D eigenvalue weighted by Gasteiger charge is 2.15. The first-order valence-electron chi connectivity index (χ1n) is 5.19. The van der Waals surface area contributed by atoms with Crippen LogP contribution in [0.2, 0.25) is 5.02 Å². The number of rotatable bonds is 3. The molecule has 0 spiro atoms. The highest BCUT2D eigenvalue weighted by molar-refractivity contribution is 6.31. The fraction of sp³-hybridized carbons (Fsp3) is 0.273. The van der Waals surface area contributed by atoms with Gasteiger partial charge in [-0.15, -0.1) is 0 Å². The van der Waals surface area contributed by atoms with E-state index in [1.807, 2.05) is 6.92 Å². The van der Waals surface area contributed by atoms with Gasteiger partial charge >= 0.3 is 0 Å². The van der Waals surface area contributed by atoms with Crippen molar-refractivity contribution in [2.75, 3.05) is 0 Å². The molecule has 2 aromatic rings. The van der Waals surface area contributed by atoms with Gasteiger partial charge in [-0.05, 0) is 13.0 Å². The number of halogens is 1. The van der Waals surface area contributed by atoms with Gasteiger partial charge in [0.05, 0.1) is 17.3 Å². The molecule has 0 saturated carbocycles. The lowest BCUT2D eigenvalue weighted by atomic mass is 10.2. The van der Waals surface area contributed by atoms with Gasteiger partial charge in [0.1, 0.15) is 5.69 Å². The smallest absolute Gasteiger partial charge is 0.268 e. The third-order valence-electron chi connectivity index (χ3n) is 2.57. The van der Waals surface area contributed by atoms with Gasteiger partial charge in [0, 0.05) is 25.0 Å². The molecule has 2 rings (SSSR count). The molecule has 5 nitrogen and oxygen atoms in total. The zero-order chi connectivity index (χ0) is 12.4. The molecule has 1 unspecified atom stereocenters. The summed E-state index contributed by atoms with van der Waals surface area (Å²) in [7, 11) is 1.78. The fourth-order valence-corrected chi connectivity index (χ4v) is 1.85. The summed E-state index contributed by atoms with van der Waals surface area (Å²) < 4.78 is 1.69. The van der Waals surface area contributed by atoms with E-state index in [0.717, 1.165) is 5.56 Å². The van der Waals surface area contributed by atoms with Crippen LogP contribution in [-0.4, -0.2) is 20.7 Å².